The summed E-state index contributed by atoms with van der Waals surface area (Å²) in [5.41, 5.74) is 0.992. The number of amides is 4. The lowest BCUT2D eigenvalue weighted by molar-refractivity contribution is -0.135. The summed E-state index contributed by atoms with van der Waals surface area (Å²) in [6.45, 7) is 0.345. The molecule has 2 aliphatic rings. The smallest absolute Gasteiger partial charge is 0.325 e. The first kappa shape index (κ1) is 21.5. The molecule has 1 unspecified atom stereocenters. The summed E-state index contributed by atoms with van der Waals surface area (Å²) in [5, 5.41) is 5.52. The van der Waals surface area contributed by atoms with E-state index in [9.17, 15) is 14.4 Å². The van der Waals surface area contributed by atoms with E-state index in [4.69, 9.17) is 9.47 Å². The number of carbonyl (C=O) groups excluding carboxylic acids is 3. The molecule has 3 aromatic carbocycles. The second kappa shape index (κ2) is 8.90. The number of nitrogens with zero attached hydrogens (tertiary/aromatic N) is 1. The minimum Gasteiger partial charge on any atom is -0.493 e. The number of fused-ring (bicyclic) bond motifs is 2. The van der Waals surface area contributed by atoms with E-state index < -0.39 is 23.4 Å². The van der Waals surface area contributed by atoms with Crippen LogP contribution in [0.15, 0.2) is 78.9 Å². The molecule has 5 rings (SSSR count). The number of imide groups is 1. The van der Waals surface area contributed by atoms with E-state index in [1.54, 1.807) is 42.5 Å². The molecule has 0 saturated carbocycles. The van der Waals surface area contributed by atoms with Crippen LogP contribution in [-0.4, -0.2) is 35.9 Å². The average molecular weight is 457 g/mol. The molecule has 0 aromatic heterocycles. The van der Waals surface area contributed by atoms with Crippen molar-refractivity contribution < 1.29 is 23.9 Å². The summed E-state index contributed by atoms with van der Waals surface area (Å²) < 4.78 is 11.4. The number of anilines is 1. The lowest BCUT2D eigenvalue weighted by Crippen LogP contribution is -2.48. The van der Waals surface area contributed by atoms with Gasteiger partial charge in [-0.05, 0) is 35.9 Å². The first-order valence-electron chi connectivity index (χ1n) is 11.0. The number of para-hydroxylation sites is 1. The van der Waals surface area contributed by atoms with Crippen LogP contribution in [-0.2, 0) is 21.7 Å². The maximum absolute atomic E-state index is 13.3. The number of carbonyl (C=O) groups is 3. The maximum Gasteiger partial charge on any atom is 0.325 e. The third-order valence-corrected chi connectivity index (χ3v) is 5.95. The summed E-state index contributed by atoms with van der Waals surface area (Å²) in [5.74, 6) is 0.297. The normalized spacial score (nSPS) is 18.8. The Bertz CT molecular complexity index is 1230. The van der Waals surface area contributed by atoms with Crippen molar-refractivity contribution in [1.29, 1.82) is 0 Å². The van der Waals surface area contributed by atoms with Gasteiger partial charge >= 0.3 is 6.03 Å². The monoisotopic (exact) mass is 457 g/mol. The third kappa shape index (κ3) is 4.05. The van der Waals surface area contributed by atoms with Crippen LogP contribution >= 0.6 is 0 Å². The summed E-state index contributed by atoms with van der Waals surface area (Å²) >= 11 is 0. The summed E-state index contributed by atoms with van der Waals surface area (Å²) in [4.78, 5) is 39.5. The lowest BCUT2D eigenvalue weighted by atomic mass is 9.84. The van der Waals surface area contributed by atoms with Crippen LogP contribution < -0.4 is 20.1 Å². The Morgan fingerprint density at radius 3 is 2.53 bits per heavy atom. The molecule has 0 aliphatic carbocycles. The zero-order valence-corrected chi connectivity index (χ0v) is 18.3. The zero-order chi connectivity index (χ0) is 23.5. The van der Waals surface area contributed by atoms with E-state index in [0.29, 0.717) is 42.4 Å². The highest BCUT2D eigenvalue weighted by molar-refractivity contribution is 6.10. The molecule has 1 saturated heterocycles. The highest BCUT2D eigenvalue weighted by atomic mass is 16.5. The lowest BCUT2D eigenvalue weighted by Gasteiger charge is -2.33. The minimum atomic E-state index is -1.20. The van der Waals surface area contributed by atoms with Crippen molar-refractivity contribution >= 4 is 23.5 Å². The Labute approximate surface area is 196 Å². The van der Waals surface area contributed by atoms with Crippen molar-refractivity contribution in [3.8, 4) is 11.5 Å². The van der Waals surface area contributed by atoms with E-state index in [1.165, 1.54) is 0 Å². The number of hydrogen-bond acceptors (Lipinski definition) is 5. The second-order valence-corrected chi connectivity index (χ2v) is 8.17. The molecule has 2 aliphatic heterocycles. The quantitative estimate of drug-likeness (QED) is 0.553. The molecule has 1 spiro atoms. The van der Waals surface area contributed by atoms with Gasteiger partial charge < -0.3 is 20.1 Å². The van der Waals surface area contributed by atoms with Gasteiger partial charge in [-0.25, -0.2) is 4.79 Å². The highest BCUT2D eigenvalue weighted by Crippen LogP contribution is 2.40. The molecule has 1 fully saturated rings. The highest BCUT2D eigenvalue weighted by Gasteiger charge is 2.55. The molecule has 4 amide bonds. The van der Waals surface area contributed by atoms with Crippen molar-refractivity contribution in [3.63, 3.8) is 0 Å². The summed E-state index contributed by atoms with van der Waals surface area (Å²) in [7, 11) is 0. The molecular weight excluding hydrogens is 434 g/mol. The molecule has 2 N–H and O–H groups in total. The van der Waals surface area contributed by atoms with Gasteiger partial charge in [0.2, 0.25) is 5.91 Å². The van der Waals surface area contributed by atoms with E-state index >= 15 is 0 Å². The van der Waals surface area contributed by atoms with Gasteiger partial charge in [0.25, 0.3) is 5.91 Å². The number of benzene rings is 3. The van der Waals surface area contributed by atoms with Crippen LogP contribution in [0.25, 0.3) is 0 Å². The fourth-order valence-corrected chi connectivity index (χ4v) is 4.24. The molecular formula is C26H23N3O5. The topological polar surface area (TPSA) is 97.0 Å². The fraction of sp³-hybridized carbons (Fsp3) is 0.192. The van der Waals surface area contributed by atoms with Gasteiger partial charge in [0.05, 0.1) is 6.61 Å². The Kier molecular flexibility index (Phi) is 5.63. The van der Waals surface area contributed by atoms with Crippen molar-refractivity contribution in [1.82, 2.24) is 10.2 Å². The molecule has 8 nitrogen and oxygen atoms in total. The van der Waals surface area contributed by atoms with Crippen LogP contribution in [0.2, 0.25) is 0 Å². The van der Waals surface area contributed by atoms with Gasteiger partial charge in [-0.15, -0.1) is 0 Å². The Morgan fingerprint density at radius 1 is 1.00 bits per heavy atom. The van der Waals surface area contributed by atoms with Gasteiger partial charge in [-0.2, -0.15) is 0 Å². The van der Waals surface area contributed by atoms with Gasteiger partial charge in [0, 0.05) is 17.7 Å². The Morgan fingerprint density at radius 2 is 1.74 bits per heavy atom. The molecule has 8 heteroatoms. The predicted octanol–water partition coefficient (Wildman–Crippen LogP) is 3.43. The first-order valence-corrected chi connectivity index (χ1v) is 11.0. The van der Waals surface area contributed by atoms with Gasteiger partial charge in [-0.3, -0.25) is 14.5 Å². The van der Waals surface area contributed by atoms with Crippen LogP contribution in [0.3, 0.4) is 0 Å². The van der Waals surface area contributed by atoms with Crippen molar-refractivity contribution in [2.24, 2.45) is 0 Å². The van der Waals surface area contributed by atoms with Crippen molar-refractivity contribution in [3.05, 3.63) is 90.0 Å². The van der Waals surface area contributed by atoms with Gasteiger partial charge in [0.1, 0.15) is 24.7 Å². The molecule has 172 valence electrons. The standard InChI is InChI=1S/C26H23N3O5/c30-23(27-19-10-12-20(13-11-19)34-17-18-6-2-1-3-7-18)16-29-24(31)26(28-25(29)32)14-15-33-22-9-5-4-8-21(22)26/h1-13H,14-17H2,(H,27,30)(H,28,32). The number of rotatable bonds is 6. The molecule has 3 aromatic rings. The van der Waals surface area contributed by atoms with Crippen LogP contribution in [0.4, 0.5) is 10.5 Å². The fourth-order valence-electron chi connectivity index (χ4n) is 4.24. The average Bonchev–Trinajstić information content (AvgIpc) is 3.09. The first-order chi connectivity index (χ1) is 16.5. The minimum absolute atomic E-state index is 0.293. The van der Waals surface area contributed by atoms with Gasteiger partial charge in [0.15, 0.2) is 5.54 Å². The van der Waals surface area contributed by atoms with E-state index in [-0.39, 0.29) is 6.54 Å². The van der Waals surface area contributed by atoms with Crippen LogP contribution in [0.5, 0.6) is 11.5 Å². The Hall–Kier alpha value is -4.33. The predicted molar refractivity (Wildman–Crippen MR) is 124 cm³/mol. The molecule has 2 heterocycles. The number of nitrogens with one attached hydrogen (secondary N) is 2. The Balaban J connectivity index is 1.21. The van der Waals surface area contributed by atoms with Crippen LogP contribution in [0.1, 0.15) is 17.5 Å². The van der Waals surface area contributed by atoms with E-state index in [2.05, 4.69) is 10.6 Å². The molecule has 0 radical (unpaired) electrons. The summed E-state index contributed by atoms with van der Waals surface area (Å²) in [6.07, 6.45) is 0.303. The van der Waals surface area contributed by atoms with Crippen LogP contribution in [0, 0.1) is 0 Å². The maximum atomic E-state index is 13.3. The van der Waals surface area contributed by atoms with Gasteiger partial charge in [-0.1, -0.05) is 48.5 Å². The zero-order valence-electron chi connectivity index (χ0n) is 18.3. The van der Waals surface area contributed by atoms with Crippen molar-refractivity contribution in [2.45, 2.75) is 18.6 Å². The molecule has 0 bridgehead atoms. The molecule has 1 atom stereocenters. The number of urea groups is 1. The largest absolute Gasteiger partial charge is 0.493 e. The van der Waals surface area contributed by atoms with E-state index in [0.717, 1.165) is 10.5 Å². The number of hydrogen-bond donors (Lipinski definition) is 2. The van der Waals surface area contributed by atoms with Crippen molar-refractivity contribution in [2.75, 3.05) is 18.5 Å². The van der Waals surface area contributed by atoms with E-state index in [1.807, 2.05) is 36.4 Å². The SMILES string of the molecule is O=C(CN1C(=O)NC2(CCOc3ccccc32)C1=O)Nc1ccc(OCc2ccccc2)cc1. The third-order valence-electron chi connectivity index (χ3n) is 5.95. The summed E-state index contributed by atoms with van der Waals surface area (Å²) in [6, 6.07) is 23.2. The molecule has 34 heavy (non-hydrogen) atoms. The number of ether oxygens (including phenoxy) is 2. The second-order valence-electron chi connectivity index (χ2n) is 8.17.